The highest BCUT2D eigenvalue weighted by molar-refractivity contribution is 6.30. The fourth-order valence-electron chi connectivity index (χ4n) is 0.880. The molecule has 1 rings (SSSR count). The van der Waals surface area contributed by atoms with Gasteiger partial charge in [0.25, 0.3) is 0 Å². The van der Waals surface area contributed by atoms with Gasteiger partial charge in [0.2, 0.25) is 0 Å². The van der Waals surface area contributed by atoms with E-state index in [1.165, 1.54) is 0 Å². The van der Waals surface area contributed by atoms with Crippen LogP contribution in [-0.4, -0.2) is 13.0 Å². The predicted molar refractivity (Wildman–Crippen MR) is 44.8 cm³/mol. The Balaban J connectivity index is 2.98. The van der Waals surface area contributed by atoms with Gasteiger partial charge in [-0.2, -0.15) is 8.78 Å². The van der Waals surface area contributed by atoms with Crippen molar-refractivity contribution in [2.45, 2.75) is 13.0 Å². The molecule has 0 bridgehead atoms. The van der Waals surface area contributed by atoms with E-state index in [0.717, 1.165) is 18.2 Å². The Bertz CT molecular complexity index is 366. The summed E-state index contributed by atoms with van der Waals surface area (Å²) in [5.41, 5.74) is 0. The fraction of sp³-hybridized carbons (Fsp3) is 0.250. The molecule has 0 N–H and O–H groups in total. The molecule has 0 spiro atoms. The van der Waals surface area contributed by atoms with E-state index in [1.807, 2.05) is 0 Å². The second kappa shape index (κ2) is 4.73. The highest BCUT2D eigenvalue weighted by Crippen LogP contribution is 2.35. The van der Waals surface area contributed by atoms with Crippen molar-refractivity contribution in [2.75, 3.05) is 0 Å². The number of ether oxygens (including phenoxy) is 2. The number of alkyl halides is 5. The molecule has 0 heterocycles. The molecule has 0 amide bonds. The lowest BCUT2D eigenvalue weighted by atomic mass is 10.3. The first kappa shape index (κ1) is 12.8. The molecule has 16 heavy (non-hydrogen) atoms. The van der Waals surface area contributed by atoms with Gasteiger partial charge < -0.3 is 9.47 Å². The Morgan fingerprint density at radius 1 is 1.12 bits per heavy atom. The van der Waals surface area contributed by atoms with Crippen LogP contribution in [0, 0.1) is 0 Å². The third-order valence-electron chi connectivity index (χ3n) is 1.35. The van der Waals surface area contributed by atoms with E-state index in [1.54, 1.807) is 0 Å². The molecule has 1 aromatic carbocycles. The second-order valence-corrected chi connectivity index (χ2v) is 2.95. The van der Waals surface area contributed by atoms with Gasteiger partial charge in [0.15, 0.2) is 11.5 Å². The smallest absolute Gasteiger partial charge is 0.431 e. The quantitative estimate of drug-likeness (QED) is 0.771. The average molecular weight is 263 g/mol. The summed E-state index contributed by atoms with van der Waals surface area (Å²) in [5.74, 6) is -1.66. The van der Waals surface area contributed by atoms with Crippen molar-refractivity contribution in [2.24, 2.45) is 0 Å². The van der Waals surface area contributed by atoms with Crippen molar-refractivity contribution in [1.29, 1.82) is 0 Å². The number of rotatable bonds is 3. The zero-order chi connectivity index (χ0) is 12.3. The minimum atomic E-state index is -5.01. The first-order chi connectivity index (χ1) is 7.28. The summed E-state index contributed by atoms with van der Waals surface area (Å²) in [6, 6.07) is 2.69. The summed E-state index contributed by atoms with van der Waals surface area (Å²) in [6.07, 6.45) is -5.01. The van der Waals surface area contributed by atoms with Crippen LogP contribution in [0.5, 0.6) is 11.5 Å². The normalized spacial score (nSPS) is 11.7. The number of hydrogen-bond acceptors (Lipinski definition) is 2. The zero-order valence-electron chi connectivity index (χ0n) is 7.39. The molecule has 0 aliphatic heterocycles. The molecule has 0 aromatic heterocycles. The van der Waals surface area contributed by atoms with E-state index in [4.69, 9.17) is 11.6 Å². The molecule has 1 aromatic rings. The van der Waals surface area contributed by atoms with Crippen molar-refractivity contribution < 1.29 is 31.4 Å². The van der Waals surface area contributed by atoms with Crippen LogP contribution in [0.15, 0.2) is 18.2 Å². The molecule has 0 unspecified atom stereocenters. The zero-order valence-corrected chi connectivity index (χ0v) is 8.15. The second-order valence-electron chi connectivity index (χ2n) is 2.52. The largest absolute Gasteiger partial charge is 0.573 e. The molecule has 2 nitrogen and oxygen atoms in total. The maximum absolute atomic E-state index is 11.9. The summed E-state index contributed by atoms with van der Waals surface area (Å²) in [4.78, 5) is 0. The van der Waals surface area contributed by atoms with Crippen LogP contribution in [0.25, 0.3) is 0 Å². The van der Waals surface area contributed by atoms with Gasteiger partial charge in [-0.3, -0.25) is 0 Å². The molecule has 8 heteroatoms. The van der Waals surface area contributed by atoms with Gasteiger partial charge >= 0.3 is 13.0 Å². The fourth-order valence-corrected chi connectivity index (χ4v) is 1.04. The molecule has 0 radical (unpaired) electrons. The topological polar surface area (TPSA) is 18.5 Å². The first-order valence-electron chi connectivity index (χ1n) is 3.78. The number of hydrogen-bond donors (Lipinski definition) is 0. The molecular formula is C8H4ClF5O2. The van der Waals surface area contributed by atoms with Crippen LogP contribution < -0.4 is 9.47 Å². The van der Waals surface area contributed by atoms with E-state index in [9.17, 15) is 22.0 Å². The molecule has 0 saturated carbocycles. The summed E-state index contributed by atoms with van der Waals surface area (Å²) in [5, 5.41) is -0.0964. The highest BCUT2D eigenvalue weighted by atomic mass is 35.5. The molecule has 0 aliphatic rings. The van der Waals surface area contributed by atoms with Gasteiger partial charge in [0.1, 0.15) is 0 Å². The van der Waals surface area contributed by atoms with E-state index in [-0.39, 0.29) is 5.02 Å². The lowest BCUT2D eigenvalue weighted by Crippen LogP contribution is -2.18. The Kier molecular flexibility index (Phi) is 3.79. The predicted octanol–water partition coefficient (Wildman–Crippen LogP) is 3.84. The average Bonchev–Trinajstić information content (AvgIpc) is 2.06. The van der Waals surface area contributed by atoms with E-state index in [0.29, 0.717) is 0 Å². The molecule has 0 saturated heterocycles. The van der Waals surface area contributed by atoms with E-state index in [2.05, 4.69) is 9.47 Å². The van der Waals surface area contributed by atoms with Crippen molar-refractivity contribution in [3.8, 4) is 11.5 Å². The lowest BCUT2D eigenvalue weighted by molar-refractivity contribution is -0.275. The number of halogens is 6. The molecule has 0 atom stereocenters. The maximum Gasteiger partial charge on any atom is 0.573 e. The molecule has 0 fully saturated rings. The Morgan fingerprint density at radius 2 is 1.75 bits per heavy atom. The van der Waals surface area contributed by atoms with Crippen molar-refractivity contribution >= 4 is 11.6 Å². The SMILES string of the molecule is FC(F)Oc1ccc(Cl)cc1OC(F)(F)F. The summed E-state index contributed by atoms with van der Waals surface area (Å²) in [7, 11) is 0. The van der Waals surface area contributed by atoms with Gasteiger partial charge in [-0.25, -0.2) is 0 Å². The van der Waals surface area contributed by atoms with Crippen LogP contribution in [0.3, 0.4) is 0 Å². The third-order valence-corrected chi connectivity index (χ3v) is 1.58. The summed E-state index contributed by atoms with van der Waals surface area (Å²) < 4.78 is 66.6. The van der Waals surface area contributed by atoms with Gasteiger partial charge in [-0.1, -0.05) is 11.6 Å². The van der Waals surface area contributed by atoms with E-state index >= 15 is 0 Å². The number of benzene rings is 1. The first-order valence-corrected chi connectivity index (χ1v) is 4.16. The van der Waals surface area contributed by atoms with Crippen LogP contribution in [-0.2, 0) is 0 Å². The van der Waals surface area contributed by atoms with Crippen LogP contribution in [0.1, 0.15) is 0 Å². The van der Waals surface area contributed by atoms with Gasteiger partial charge in [-0.15, -0.1) is 13.2 Å². The Morgan fingerprint density at radius 3 is 2.25 bits per heavy atom. The highest BCUT2D eigenvalue weighted by Gasteiger charge is 2.33. The van der Waals surface area contributed by atoms with Gasteiger partial charge in [0, 0.05) is 11.1 Å². The summed E-state index contributed by atoms with van der Waals surface area (Å²) in [6.45, 7) is -3.25. The van der Waals surface area contributed by atoms with Gasteiger partial charge in [0.05, 0.1) is 0 Å². The van der Waals surface area contributed by atoms with Crippen molar-refractivity contribution in [3.05, 3.63) is 23.2 Å². The monoisotopic (exact) mass is 262 g/mol. The van der Waals surface area contributed by atoms with Crippen LogP contribution in [0.4, 0.5) is 22.0 Å². The Hall–Kier alpha value is -1.24. The lowest BCUT2D eigenvalue weighted by Gasteiger charge is -2.13. The summed E-state index contributed by atoms with van der Waals surface area (Å²) >= 11 is 5.39. The van der Waals surface area contributed by atoms with Crippen LogP contribution >= 0.6 is 11.6 Å². The van der Waals surface area contributed by atoms with Gasteiger partial charge in [-0.05, 0) is 12.1 Å². The molecule has 0 aliphatic carbocycles. The van der Waals surface area contributed by atoms with Crippen molar-refractivity contribution in [3.63, 3.8) is 0 Å². The molecular weight excluding hydrogens is 259 g/mol. The minimum absolute atomic E-state index is 0.0964. The van der Waals surface area contributed by atoms with E-state index < -0.39 is 24.5 Å². The minimum Gasteiger partial charge on any atom is -0.431 e. The van der Waals surface area contributed by atoms with Crippen molar-refractivity contribution in [1.82, 2.24) is 0 Å². The Labute approximate surface area is 91.5 Å². The molecule has 90 valence electrons. The maximum atomic E-state index is 11.9. The standard InChI is InChI=1S/C8H4ClF5O2/c9-4-1-2-5(15-7(10)11)6(3-4)16-8(12,13)14/h1-3,7H. The van der Waals surface area contributed by atoms with Crippen LogP contribution in [0.2, 0.25) is 5.02 Å². The third kappa shape index (κ3) is 4.09.